The van der Waals surface area contributed by atoms with Crippen molar-refractivity contribution in [2.24, 2.45) is 0 Å². The molecule has 232 valence electrons. The molecule has 12 heteroatoms. The zero-order valence-electron chi connectivity index (χ0n) is 25.3. The van der Waals surface area contributed by atoms with Gasteiger partial charge in [0.15, 0.2) is 0 Å². The maximum absolute atomic E-state index is 13.8. The number of aromatic nitrogens is 5. The lowest BCUT2D eigenvalue weighted by atomic mass is 9.86. The van der Waals surface area contributed by atoms with Gasteiger partial charge in [-0.05, 0) is 49.2 Å². The summed E-state index contributed by atoms with van der Waals surface area (Å²) in [6, 6.07) is 13.2. The molecule has 2 bridgehead atoms. The van der Waals surface area contributed by atoms with Crippen LogP contribution in [-0.2, 0) is 11.3 Å². The van der Waals surface area contributed by atoms with Crippen molar-refractivity contribution in [2.45, 2.75) is 44.4 Å². The van der Waals surface area contributed by atoms with Crippen molar-refractivity contribution in [3.8, 4) is 34.2 Å². The number of halogens is 1. The number of nitrogens with zero attached hydrogens (tertiary/aromatic N) is 8. The fourth-order valence-electron chi connectivity index (χ4n) is 7.28. The number of hydrogen-bond donors (Lipinski definition) is 2. The molecule has 8 heterocycles. The molecule has 5 aromatic rings. The predicted octanol–water partition coefficient (Wildman–Crippen LogP) is 4.46. The van der Waals surface area contributed by atoms with Gasteiger partial charge in [0.1, 0.15) is 29.1 Å². The minimum absolute atomic E-state index is 0.0821. The number of aromatic amines is 1. The molecule has 4 aliphatic heterocycles. The molecule has 2 N–H and O–H groups in total. The Bertz CT molecular complexity index is 2000. The second kappa shape index (κ2) is 11.0. The summed E-state index contributed by atoms with van der Waals surface area (Å²) in [5.74, 6) is 0.731. The second-order valence-electron chi connectivity index (χ2n) is 12.5. The summed E-state index contributed by atoms with van der Waals surface area (Å²) in [5.41, 5.74) is 5.10. The lowest BCUT2D eigenvalue weighted by Crippen LogP contribution is -2.68. The number of phenols is 1. The van der Waals surface area contributed by atoms with Crippen LogP contribution in [-0.4, -0.2) is 83.8 Å². The van der Waals surface area contributed by atoms with Crippen LogP contribution >= 0.6 is 0 Å². The first kappa shape index (κ1) is 28.2. The SMILES string of the molecule is CC(=O)N1CC[C@H](n2cc(-c3cc4c(-c5ccc(N6CC7CC(C6)N7Cc6cc(F)ccc6O)nc5)c(C#N)cnc4[nH]3)cn2)C1. The zero-order valence-corrected chi connectivity index (χ0v) is 25.3. The Morgan fingerprint density at radius 2 is 1.91 bits per heavy atom. The highest BCUT2D eigenvalue weighted by Crippen LogP contribution is 2.38. The average molecular weight is 618 g/mol. The number of piperazine rings is 1. The molecule has 3 atom stereocenters. The van der Waals surface area contributed by atoms with E-state index in [0.29, 0.717) is 41.9 Å². The number of H-pyrrole nitrogens is 1. The molecule has 9 rings (SSSR count). The minimum atomic E-state index is -0.343. The Morgan fingerprint density at radius 3 is 2.65 bits per heavy atom. The van der Waals surface area contributed by atoms with Gasteiger partial charge in [0.25, 0.3) is 0 Å². The number of fused-ring (bicyclic) bond motifs is 3. The van der Waals surface area contributed by atoms with E-state index in [1.807, 2.05) is 46.4 Å². The van der Waals surface area contributed by atoms with Crippen LogP contribution in [0.25, 0.3) is 33.4 Å². The number of carbonyl (C=O) groups excluding carboxylic acids is 1. The molecule has 46 heavy (non-hydrogen) atoms. The molecule has 11 nitrogen and oxygen atoms in total. The molecule has 4 fully saturated rings. The lowest BCUT2D eigenvalue weighted by molar-refractivity contribution is -0.127. The Hall–Kier alpha value is -5.28. The van der Waals surface area contributed by atoms with Crippen molar-refractivity contribution in [1.82, 2.24) is 34.5 Å². The van der Waals surface area contributed by atoms with E-state index in [9.17, 15) is 19.6 Å². The van der Waals surface area contributed by atoms with E-state index in [4.69, 9.17) is 4.98 Å². The number of aromatic hydroxyl groups is 1. The van der Waals surface area contributed by atoms with Crippen LogP contribution in [0.4, 0.5) is 10.2 Å². The fraction of sp³-hybridized carbons (Fsp3) is 0.324. The number of amides is 1. The van der Waals surface area contributed by atoms with Gasteiger partial charge < -0.3 is 19.9 Å². The third kappa shape index (κ3) is 4.84. The number of anilines is 1. The monoisotopic (exact) mass is 617 g/mol. The number of benzene rings is 1. The first-order chi connectivity index (χ1) is 22.3. The third-order valence-electron chi connectivity index (χ3n) is 9.77. The van der Waals surface area contributed by atoms with Gasteiger partial charge in [-0.2, -0.15) is 10.4 Å². The van der Waals surface area contributed by atoms with Crippen molar-refractivity contribution in [3.63, 3.8) is 0 Å². The van der Waals surface area contributed by atoms with Gasteiger partial charge in [0.2, 0.25) is 5.91 Å². The molecule has 0 spiro atoms. The number of hydrogen-bond acceptors (Lipinski definition) is 8. The largest absolute Gasteiger partial charge is 0.508 e. The second-order valence-corrected chi connectivity index (χ2v) is 12.5. The van der Waals surface area contributed by atoms with Gasteiger partial charge in [0.05, 0.1) is 23.5 Å². The molecular weight excluding hydrogens is 585 g/mol. The number of pyridine rings is 2. The number of phenolic OH excluding ortho intramolecular Hbond substituents is 1. The Balaban J connectivity index is 1.01. The molecule has 1 aromatic carbocycles. The Labute approximate surface area is 264 Å². The topological polar surface area (TPSA) is 130 Å². The highest BCUT2D eigenvalue weighted by molar-refractivity contribution is 5.98. The molecule has 0 aliphatic carbocycles. The van der Waals surface area contributed by atoms with Crippen LogP contribution in [0.1, 0.15) is 36.9 Å². The van der Waals surface area contributed by atoms with Crippen LogP contribution in [0, 0.1) is 17.1 Å². The molecule has 2 unspecified atom stereocenters. The van der Waals surface area contributed by atoms with E-state index >= 15 is 0 Å². The number of likely N-dealkylation sites (tertiary alicyclic amines) is 1. The molecule has 4 saturated heterocycles. The lowest BCUT2D eigenvalue weighted by Gasteiger charge is -2.56. The number of piperidine rings is 1. The molecule has 1 amide bonds. The summed E-state index contributed by atoms with van der Waals surface area (Å²) < 4.78 is 15.7. The predicted molar refractivity (Wildman–Crippen MR) is 169 cm³/mol. The number of carbonyl (C=O) groups is 1. The highest BCUT2D eigenvalue weighted by Gasteiger charge is 2.45. The summed E-state index contributed by atoms with van der Waals surface area (Å²) >= 11 is 0. The Morgan fingerprint density at radius 1 is 1.07 bits per heavy atom. The molecule has 0 saturated carbocycles. The first-order valence-corrected chi connectivity index (χ1v) is 15.5. The summed E-state index contributed by atoms with van der Waals surface area (Å²) in [7, 11) is 0. The Kier molecular flexibility index (Phi) is 6.72. The van der Waals surface area contributed by atoms with Crippen LogP contribution in [0.15, 0.2) is 61.2 Å². The zero-order chi connectivity index (χ0) is 31.5. The first-order valence-electron chi connectivity index (χ1n) is 15.5. The standard InChI is InChI=1S/C34H32FN9O2/c1-20(45)41-7-6-26(17-41)44-16-24(14-39-44)30-10-29-33(23(11-36)13-38-34(29)40-30)21-2-5-32(37-12-21)42-18-27-9-28(19-42)43(27)15-22-8-25(35)3-4-31(22)46/h2-5,8,10,12-14,16,26-28,46H,6-7,9,15,17-19H2,1H3,(H,38,40)/t26-,27?,28?/m0/s1. The highest BCUT2D eigenvalue weighted by atomic mass is 19.1. The fourth-order valence-corrected chi connectivity index (χ4v) is 7.28. The third-order valence-corrected chi connectivity index (χ3v) is 9.77. The average Bonchev–Trinajstić information content (AvgIpc) is 3.84. The van der Waals surface area contributed by atoms with Crippen LogP contribution in [0.2, 0.25) is 0 Å². The molecular formula is C34H32FN9O2. The van der Waals surface area contributed by atoms with Gasteiger partial charge in [-0.3, -0.25) is 14.4 Å². The van der Waals surface area contributed by atoms with Crippen molar-refractivity contribution < 1.29 is 14.3 Å². The number of nitriles is 1. The molecule has 4 aliphatic rings. The minimum Gasteiger partial charge on any atom is -0.508 e. The van der Waals surface area contributed by atoms with Crippen LogP contribution in [0.5, 0.6) is 5.75 Å². The summed E-state index contributed by atoms with van der Waals surface area (Å²) in [5, 5.41) is 25.6. The molecule has 0 radical (unpaired) electrons. The van der Waals surface area contributed by atoms with E-state index in [0.717, 1.165) is 66.1 Å². The van der Waals surface area contributed by atoms with Crippen LogP contribution < -0.4 is 4.90 Å². The van der Waals surface area contributed by atoms with E-state index in [-0.39, 0.29) is 23.5 Å². The maximum atomic E-state index is 13.8. The van der Waals surface area contributed by atoms with E-state index < -0.39 is 0 Å². The molecule has 4 aromatic heterocycles. The van der Waals surface area contributed by atoms with E-state index in [1.165, 1.54) is 18.2 Å². The van der Waals surface area contributed by atoms with E-state index in [1.54, 1.807) is 13.1 Å². The van der Waals surface area contributed by atoms with Crippen molar-refractivity contribution >= 4 is 22.8 Å². The van der Waals surface area contributed by atoms with Crippen molar-refractivity contribution in [1.29, 1.82) is 5.26 Å². The van der Waals surface area contributed by atoms with Gasteiger partial charge in [-0.25, -0.2) is 14.4 Å². The summed E-state index contributed by atoms with van der Waals surface area (Å²) in [4.78, 5) is 31.0. The van der Waals surface area contributed by atoms with Crippen molar-refractivity contribution in [3.05, 3.63) is 78.1 Å². The normalized spacial score (nSPS) is 21.0. The number of rotatable bonds is 6. The maximum Gasteiger partial charge on any atom is 0.219 e. The summed E-state index contributed by atoms with van der Waals surface area (Å²) in [6.45, 7) is 5.10. The van der Waals surface area contributed by atoms with Gasteiger partial charge in [-0.1, -0.05) is 0 Å². The van der Waals surface area contributed by atoms with Gasteiger partial charge in [0, 0.05) is 98.0 Å². The number of nitrogens with one attached hydrogen (secondary N) is 1. The summed E-state index contributed by atoms with van der Waals surface area (Å²) in [6.07, 6.45) is 9.15. The smallest absolute Gasteiger partial charge is 0.219 e. The van der Waals surface area contributed by atoms with Crippen molar-refractivity contribution in [2.75, 3.05) is 31.1 Å². The van der Waals surface area contributed by atoms with E-state index in [2.05, 4.69) is 30.9 Å². The van der Waals surface area contributed by atoms with Gasteiger partial charge >= 0.3 is 0 Å². The van der Waals surface area contributed by atoms with Crippen LogP contribution in [0.3, 0.4) is 0 Å². The quantitative estimate of drug-likeness (QED) is 0.286. The van der Waals surface area contributed by atoms with Gasteiger partial charge in [-0.15, -0.1) is 0 Å².